The van der Waals surface area contributed by atoms with E-state index in [4.69, 9.17) is 0 Å². The zero-order chi connectivity index (χ0) is 18.5. The summed E-state index contributed by atoms with van der Waals surface area (Å²) in [6.07, 6.45) is 2.88. The number of hydrogen-bond acceptors (Lipinski definition) is 4. The van der Waals surface area contributed by atoms with E-state index in [0.717, 1.165) is 43.8 Å². The third-order valence-electron chi connectivity index (χ3n) is 5.41. The quantitative estimate of drug-likeness (QED) is 0.726. The number of hydrogen-bond donors (Lipinski definition) is 2. The number of nitrogens with one attached hydrogen (secondary N) is 1. The second-order valence-corrected chi connectivity index (χ2v) is 7.61. The molecule has 2 N–H and O–H groups in total. The van der Waals surface area contributed by atoms with Crippen LogP contribution in [0.2, 0.25) is 0 Å². The fraction of sp³-hybridized carbons (Fsp3) is 0.600. The summed E-state index contributed by atoms with van der Waals surface area (Å²) < 4.78 is 0. The molecular formula is C20H29N3O3. The number of aliphatic hydroxyl groups excluding tert-OH is 1. The lowest BCUT2D eigenvalue weighted by Gasteiger charge is -2.32. The molecule has 6 nitrogen and oxygen atoms in total. The minimum Gasteiger partial charge on any atom is -0.390 e. The number of likely N-dealkylation sites (tertiary alicyclic amines) is 1. The fourth-order valence-electron chi connectivity index (χ4n) is 3.71. The largest absolute Gasteiger partial charge is 0.390 e. The van der Waals surface area contributed by atoms with Crippen LogP contribution >= 0.6 is 0 Å². The number of carbonyl (C=O) groups excluding carboxylic acids is 2. The minimum atomic E-state index is -0.703. The summed E-state index contributed by atoms with van der Waals surface area (Å²) in [6.45, 7) is 4.77. The normalized spacial score (nSPS) is 23.3. The smallest absolute Gasteiger partial charge is 0.324 e. The number of nitrogens with zero attached hydrogens (tertiary/aromatic N) is 2. The number of β-amino-alcohol motifs (C(OH)–C–C–N with tert-alkyl or cyclic N) is 1. The summed E-state index contributed by atoms with van der Waals surface area (Å²) in [5.74, 6) is 0.511. The van der Waals surface area contributed by atoms with Crippen molar-refractivity contribution in [3.05, 3.63) is 35.9 Å². The van der Waals surface area contributed by atoms with Crippen LogP contribution in [0.5, 0.6) is 0 Å². The first-order chi connectivity index (χ1) is 12.5. The maximum absolute atomic E-state index is 12.5. The molecule has 2 aliphatic heterocycles. The number of rotatable bonds is 7. The number of aryl methyl sites for hydroxylation is 1. The Labute approximate surface area is 155 Å². The van der Waals surface area contributed by atoms with Crippen molar-refractivity contribution in [1.82, 2.24) is 15.1 Å². The molecule has 0 saturated carbocycles. The van der Waals surface area contributed by atoms with Crippen LogP contribution in [0.15, 0.2) is 30.3 Å². The second-order valence-electron chi connectivity index (χ2n) is 7.61. The highest BCUT2D eigenvalue weighted by atomic mass is 16.3. The van der Waals surface area contributed by atoms with Crippen molar-refractivity contribution in [2.24, 2.45) is 5.92 Å². The highest BCUT2D eigenvalue weighted by Crippen LogP contribution is 2.17. The Kier molecular flexibility index (Phi) is 6.27. The number of urea groups is 1. The Balaban J connectivity index is 1.47. The molecule has 26 heavy (non-hydrogen) atoms. The molecule has 2 saturated heterocycles. The van der Waals surface area contributed by atoms with Crippen LogP contribution in [0.25, 0.3) is 0 Å². The molecule has 0 aromatic heterocycles. The van der Waals surface area contributed by atoms with Gasteiger partial charge in [-0.05, 0) is 50.3 Å². The van der Waals surface area contributed by atoms with Crippen LogP contribution < -0.4 is 5.32 Å². The Morgan fingerprint density at radius 1 is 1.15 bits per heavy atom. The first kappa shape index (κ1) is 18.9. The zero-order valence-corrected chi connectivity index (χ0v) is 15.4. The van der Waals surface area contributed by atoms with Crippen molar-refractivity contribution in [2.75, 3.05) is 26.2 Å². The van der Waals surface area contributed by atoms with E-state index in [1.165, 1.54) is 4.90 Å². The summed E-state index contributed by atoms with van der Waals surface area (Å²) in [5, 5.41) is 13.1. The van der Waals surface area contributed by atoms with Crippen molar-refractivity contribution >= 4 is 11.9 Å². The van der Waals surface area contributed by atoms with Gasteiger partial charge in [0, 0.05) is 6.54 Å². The molecule has 1 aromatic rings. The molecule has 3 rings (SSSR count). The third kappa shape index (κ3) is 4.83. The molecule has 0 spiro atoms. The van der Waals surface area contributed by atoms with Crippen LogP contribution in [0, 0.1) is 5.92 Å². The van der Waals surface area contributed by atoms with Crippen LogP contribution in [0.4, 0.5) is 4.79 Å². The van der Waals surface area contributed by atoms with Gasteiger partial charge in [0.2, 0.25) is 0 Å². The minimum absolute atomic E-state index is 0.0680. The summed E-state index contributed by atoms with van der Waals surface area (Å²) in [5.41, 5.74) is 1.15. The number of carbonyl (C=O) groups is 2. The number of aliphatic hydroxyl groups is 1. The molecule has 1 aromatic carbocycles. The average molecular weight is 359 g/mol. The Morgan fingerprint density at radius 3 is 2.54 bits per heavy atom. The standard InChI is InChI=1S/C20H29N3O3/c1-15-9-11-22(12-10-15)13-17(24)14-23-19(25)18(21-20(23)26)8-7-16-5-3-2-4-6-16/h2-6,15,17-18,24H,7-14H2,1H3,(H,21,26)/t17-,18+/m0/s1. The maximum atomic E-state index is 12.5. The van der Waals surface area contributed by atoms with Crippen LogP contribution in [-0.4, -0.2) is 65.2 Å². The van der Waals surface area contributed by atoms with Gasteiger partial charge in [0.15, 0.2) is 0 Å². The van der Waals surface area contributed by atoms with Gasteiger partial charge in [-0.1, -0.05) is 37.3 Å². The third-order valence-corrected chi connectivity index (χ3v) is 5.41. The Hall–Kier alpha value is -1.92. The molecule has 3 amide bonds. The number of imide groups is 1. The van der Waals surface area contributed by atoms with Gasteiger partial charge in [0.1, 0.15) is 6.04 Å². The highest BCUT2D eigenvalue weighted by Gasteiger charge is 2.38. The van der Waals surface area contributed by atoms with Gasteiger partial charge in [0.25, 0.3) is 5.91 Å². The lowest BCUT2D eigenvalue weighted by Crippen LogP contribution is -2.45. The number of benzene rings is 1. The van der Waals surface area contributed by atoms with Gasteiger partial charge in [-0.15, -0.1) is 0 Å². The van der Waals surface area contributed by atoms with Gasteiger partial charge in [-0.2, -0.15) is 0 Å². The molecule has 0 unspecified atom stereocenters. The van der Waals surface area contributed by atoms with Crippen molar-refractivity contribution in [3.8, 4) is 0 Å². The molecule has 142 valence electrons. The lowest BCUT2D eigenvalue weighted by atomic mass is 9.99. The molecule has 0 radical (unpaired) electrons. The highest BCUT2D eigenvalue weighted by molar-refractivity contribution is 6.04. The van der Waals surface area contributed by atoms with E-state index in [-0.39, 0.29) is 18.5 Å². The lowest BCUT2D eigenvalue weighted by molar-refractivity contribution is -0.128. The fourth-order valence-corrected chi connectivity index (χ4v) is 3.71. The van der Waals surface area contributed by atoms with E-state index in [2.05, 4.69) is 17.1 Å². The molecule has 2 aliphatic rings. The molecule has 6 heteroatoms. The first-order valence-corrected chi connectivity index (χ1v) is 9.59. The average Bonchev–Trinajstić information content (AvgIpc) is 2.90. The van der Waals surface area contributed by atoms with Gasteiger partial charge in [-0.3, -0.25) is 9.69 Å². The summed E-state index contributed by atoms with van der Waals surface area (Å²) in [6, 6.07) is 9.04. The molecule has 0 bridgehead atoms. The molecule has 2 heterocycles. The van der Waals surface area contributed by atoms with E-state index >= 15 is 0 Å². The predicted octanol–water partition coefficient (Wildman–Crippen LogP) is 1.63. The SMILES string of the molecule is CC1CCN(C[C@H](O)CN2C(=O)N[C@H](CCc3ccccc3)C2=O)CC1. The second kappa shape index (κ2) is 8.64. The van der Waals surface area contributed by atoms with Crippen LogP contribution in [-0.2, 0) is 11.2 Å². The van der Waals surface area contributed by atoms with Gasteiger partial charge >= 0.3 is 6.03 Å². The summed E-state index contributed by atoms with van der Waals surface area (Å²) in [4.78, 5) is 28.1. The van der Waals surface area contributed by atoms with E-state index in [1.54, 1.807) is 0 Å². The molecule has 2 atom stereocenters. The summed E-state index contributed by atoms with van der Waals surface area (Å²) in [7, 11) is 0. The summed E-state index contributed by atoms with van der Waals surface area (Å²) >= 11 is 0. The topological polar surface area (TPSA) is 72.9 Å². The van der Waals surface area contributed by atoms with E-state index in [1.807, 2.05) is 30.3 Å². The van der Waals surface area contributed by atoms with Crippen molar-refractivity contribution in [2.45, 2.75) is 44.8 Å². The Bertz CT molecular complexity index is 614. The number of amides is 3. The van der Waals surface area contributed by atoms with Crippen LogP contribution in [0.3, 0.4) is 0 Å². The van der Waals surface area contributed by atoms with Gasteiger partial charge in [0.05, 0.1) is 12.6 Å². The van der Waals surface area contributed by atoms with Gasteiger partial charge < -0.3 is 15.3 Å². The van der Waals surface area contributed by atoms with Crippen molar-refractivity contribution in [1.29, 1.82) is 0 Å². The van der Waals surface area contributed by atoms with Crippen LogP contribution in [0.1, 0.15) is 31.7 Å². The van der Waals surface area contributed by atoms with Crippen molar-refractivity contribution < 1.29 is 14.7 Å². The van der Waals surface area contributed by atoms with E-state index in [9.17, 15) is 14.7 Å². The van der Waals surface area contributed by atoms with E-state index < -0.39 is 12.1 Å². The molecular weight excluding hydrogens is 330 g/mol. The number of piperidine rings is 1. The van der Waals surface area contributed by atoms with Gasteiger partial charge in [-0.25, -0.2) is 4.79 Å². The van der Waals surface area contributed by atoms with E-state index in [0.29, 0.717) is 13.0 Å². The maximum Gasteiger partial charge on any atom is 0.324 e. The van der Waals surface area contributed by atoms with Crippen molar-refractivity contribution in [3.63, 3.8) is 0 Å². The zero-order valence-electron chi connectivity index (χ0n) is 15.4. The monoisotopic (exact) mass is 359 g/mol. The first-order valence-electron chi connectivity index (χ1n) is 9.59. The Morgan fingerprint density at radius 2 is 1.85 bits per heavy atom. The molecule has 0 aliphatic carbocycles. The predicted molar refractivity (Wildman–Crippen MR) is 99.6 cm³/mol. The molecule has 2 fully saturated rings.